The van der Waals surface area contributed by atoms with E-state index in [4.69, 9.17) is 14.2 Å². The molecule has 6 nitrogen and oxygen atoms in total. The molecule has 0 heterocycles. The Morgan fingerprint density at radius 3 is 0.845 bits per heavy atom. The smallest absolute Gasteiger partial charge is 0.306 e. The van der Waals surface area contributed by atoms with Crippen molar-refractivity contribution < 1.29 is 28.6 Å². The predicted molar refractivity (Wildman–Crippen MR) is 247 cm³/mol. The van der Waals surface area contributed by atoms with Gasteiger partial charge in [-0.25, -0.2) is 0 Å². The van der Waals surface area contributed by atoms with E-state index in [2.05, 4.69) is 34.6 Å². The van der Waals surface area contributed by atoms with Crippen LogP contribution in [0.1, 0.15) is 285 Å². The van der Waals surface area contributed by atoms with E-state index in [0.29, 0.717) is 19.3 Å². The molecule has 0 aromatic carbocycles. The molecule has 0 rings (SSSR count). The summed E-state index contributed by atoms with van der Waals surface area (Å²) in [5.74, 6) is 0.791. The van der Waals surface area contributed by atoms with Crippen molar-refractivity contribution in [2.24, 2.45) is 11.8 Å². The Kier molecular flexibility index (Phi) is 43.7. The number of unbranched alkanes of at least 4 members (excludes halogenated alkanes) is 31. The number of ether oxygens (including phenoxy) is 3. The maximum absolute atomic E-state index is 12.8. The van der Waals surface area contributed by atoms with Gasteiger partial charge < -0.3 is 14.2 Å². The van der Waals surface area contributed by atoms with Crippen LogP contribution in [0, 0.1) is 11.8 Å². The van der Waals surface area contributed by atoms with Gasteiger partial charge in [0, 0.05) is 19.3 Å². The average molecular weight is 821 g/mol. The molecule has 0 aromatic heterocycles. The van der Waals surface area contributed by atoms with Crippen molar-refractivity contribution in [2.45, 2.75) is 291 Å². The average Bonchev–Trinajstić information content (AvgIpc) is 3.19. The Labute approximate surface area is 361 Å². The summed E-state index contributed by atoms with van der Waals surface area (Å²) in [5.41, 5.74) is 0. The molecular weight excluding hydrogens is 721 g/mol. The Morgan fingerprint density at radius 1 is 0.328 bits per heavy atom. The van der Waals surface area contributed by atoms with Gasteiger partial charge in [0.05, 0.1) is 0 Å². The lowest BCUT2D eigenvalue weighted by atomic mass is 10.0. The van der Waals surface area contributed by atoms with Crippen LogP contribution in [0.4, 0.5) is 0 Å². The zero-order valence-electron chi connectivity index (χ0n) is 39.7. The summed E-state index contributed by atoms with van der Waals surface area (Å²) in [4.78, 5) is 37.9. The number of hydrogen-bond acceptors (Lipinski definition) is 6. The Morgan fingerprint density at radius 2 is 0.569 bits per heavy atom. The standard InChI is InChI=1S/C52H100O6/c1-6-7-8-9-10-11-12-13-17-22-27-32-37-42-50(53)56-45-49(58-52(55)44-39-34-29-24-19-21-26-31-36-41-48(4)5)46-57-51(54)43-38-33-28-23-18-15-14-16-20-25-30-35-40-47(2)3/h47-49H,6-46H2,1-5H3/t49-/m0/s1. The molecule has 58 heavy (non-hydrogen) atoms. The lowest BCUT2D eigenvalue weighted by molar-refractivity contribution is -0.167. The van der Waals surface area contributed by atoms with Crippen LogP contribution in [-0.2, 0) is 28.6 Å². The van der Waals surface area contributed by atoms with Gasteiger partial charge in [-0.1, -0.05) is 247 Å². The second kappa shape index (κ2) is 44.9. The first-order valence-corrected chi connectivity index (χ1v) is 25.7. The van der Waals surface area contributed by atoms with Gasteiger partial charge >= 0.3 is 17.9 Å². The van der Waals surface area contributed by atoms with Gasteiger partial charge in [-0.05, 0) is 31.1 Å². The van der Waals surface area contributed by atoms with Crippen LogP contribution in [0.2, 0.25) is 0 Å². The minimum Gasteiger partial charge on any atom is -0.462 e. The predicted octanol–water partition coefficient (Wildman–Crippen LogP) is 16.5. The number of carbonyl (C=O) groups excluding carboxylic acids is 3. The maximum atomic E-state index is 12.8. The molecule has 0 saturated carbocycles. The van der Waals surface area contributed by atoms with Gasteiger partial charge in [-0.3, -0.25) is 14.4 Å². The molecule has 6 heteroatoms. The molecule has 0 radical (unpaired) electrons. The summed E-state index contributed by atoms with van der Waals surface area (Å²) in [7, 11) is 0. The fourth-order valence-electron chi connectivity index (χ4n) is 7.81. The SMILES string of the molecule is CCCCCCCCCCCCCCCC(=O)OC[C@@H](COC(=O)CCCCCCCCCCCCCCC(C)C)OC(=O)CCCCCCCCCCCC(C)C. The van der Waals surface area contributed by atoms with Crippen LogP contribution in [-0.4, -0.2) is 37.2 Å². The molecule has 0 bridgehead atoms. The summed E-state index contributed by atoms with van der Waals surface area (Å²) in [5, 5.41) is 0. The molecule has 0 aliphatic carbocycles. The zero-order chi connectivity index (χ0) is 42.6. The topological polar surface area (TPSA) is 78.9 Å². The molecule has 0 N–H and O–H groups in total. The summed E-state index contributed by atoms with van der Waals surface area (Å²) in [6.07, 6.45) is 45.1. The third-order valence-electron chi connectivity index (χ3n) is 11.7. The van der Waals surface area contributed by atoms with Gasteiger partial charge in [0.2, 0.25) is 0 Å². The number of esters is 3. The van der Waals surface area contributed by atoms with Gasteiger partial charge in [0.15, 0.2) is 6.10 Å². The molecule has 1 atom stereocenters. The molecule has 0 aromatic rings. The van der Waals surface area contributed by atoms with E-state index in [1.165, 1.54) is 173 Å². The summed E-state index contributed by atoms with van der Waals surface area (Å²) < 4.78 is 16.8. The highest BCUT2D eigenvalue weighted by Gasteiger charge is 2.19. The normalized spacial score (nSPS) is 12.1. The lowest BCUT2D eigenvalue weighted by Gasteiger charge is -2.18. The van der Waals surface area contributed by atoms with E-state index in [1.807, 2.05) is 0 Å². The van der Waals surface area contributed by atoms with Crippen molar-refractivity contribution in [1.82, 2.24) is 0 Å². The van der Waals surface area contributed by atoms with Crippen LogP contribution in [0.15, 0.2) is 0 Å². The summed E-state index contributed by atoms with van der Waals surface area (Å²) in [6.45, 7) is 11.4. The van der Waals surface area contributed by atoms with Crippen molar-refractivity contribution >= 4 is 17.9 Å². The van der Waals surface area contributed by atoms with E-state index >= 15 is 0 Å². The fourth-order valence-corrected chi connectivity index (χ4v) is 7.81. The first-order valence-electron chi connectivity index (χ1n) is 25.7. The molecule has 0 saturated heterocycles. The Hall–Kier alpha value is -1.59. The maximum Gasteiger partial charge on any atom is 0.306 e. The highest BCUT2D eigenvalue weighted by molar-refractivity contribution is 5.71. The Bertz CT molecular complexity index is 885. The van der Waals surface area contributed by atoms with E-state index in [0.717, 1.165) is 69.6 Å². The molecule has 344 valence electrons. The largest absolute Gasteiger partial charge is 0.462 e. The molecule has 0 spiro atoms. The monoisotopic (exact) mass is 821 g/mol. The fraction of sp³-hybridized carbons (Fsp3) is 0.942. The van der Waals surface area contributed by atoms with E-state index in [9.17, 15) is 14.4 Å². The number of carbonyl (C=O) groups is 3. The first-order chi connectivity index (χ1) is 28.2. The highest BCUT2D eigenvalue weighted by atomic mass is 16.6. The second-order valence-electron chi connectivity index (χ2n) is 18.8. The van der Waals surface area contributed by atoms with Gasteiger partial charge in [0.1, 0.15) is 13.2 Å². The zero-order valence-corrected chi connectivity index (χ0v) is 39.7. The first kappa shape index (κ1) is 56.4. The second-order valence-corrected chi connectivity index (χ2v) is 18.8. The molecule has 0 fully saturated rings. The van der Waals surface area contributed by atoms with E-state index < -0.39 is 6.10 Å². The van der Waals surface area contributed by atoms with Crippen molar-refractivity contribution in [3.63, 3.8) is 0 Å². The van der Waals surface area contributed by atoms with Gasteiger partial charge in [-0.15, -0.1) is 0 Å². The number of hydrogen-bond donors (Lipinski definition) is 0. The summed E-state index contributed by atoms with van der Waals surface area (Å²) >= 11 is 0. The van der Waals surface area contributed by atoms with E-state index in [-0.39, 0.29) is 31.1 Å². The molecule has 0 unspecified atom stereocenters. The highest BCUT2D eigenvalue weighted by Crippen LogP contribution is 2.17. The van der Waals surface area contributed by atoms with Crippen molar-refractivity contribution in [3.8, 4) is 0 Å². The minimum atomic E-state index is -0.761. The van der Waals surface area contributed by atoms with Crippen molar-refractivity contribution in [1.29, 1.82) is 0 Å². The van der Waals surface area contributed by atoms with Gasteiger partial charge in [0.25, 0.3) is 0 Å². The minimum absolute atomic E-state index is 0.0639. The van der Waals surface area contributed by atoms with Crippen LogP contribution in [0.25, 0.3) is 0 Å². The molecule has 0 aliphatic heterocycles. The van der Waals surface area contributed by atoms with Crippen LogP contribution in [0.3, 0.4) is 0 Å². The quantitative estimate of drug-likeness (QED) is 0.0346. The van der Waals surface area contributed by atoms with Crippen LogP contribution >= 0.6 is 0 Å². The molecule has 0 aliphatic rings. The summed E-state index contributed by atoms with van der Waals surface area (Å²) in [6, 6.07) is 0. The van der Waals surface area contributed by atoms with Crippen molar-refractivity contribution in [2.75, 3.05) is 13.2 Å². The van der Waals surface area contributed by atoms with E-state index in [1.54, 1.807) is 0 Å². The molecular formula is C52H100O6. The Balaban J connectivity index is 4.31. The van der Waals surface area contributed by atoms with Gasteiger partial charge in [-0.2, -0.15) is 0 Å². The number of rotatable bonds is 46. The van der Waals surface area contributed by atoms with Crippen LogP contribution < -0.4 is 0 Å². The van der Waals surface area contributed by atoms with Crippen LogP contribution in [0.5, 0.6) is 0 Å². The third-order valence-corrected chi connectivity index (χ3v) is 11.7. The lowest BCUT2D eigenvalue weighted by Crippen LogP contribution is -2.30. The molecule has 0 amide bonds. The third kappa shape index (κ3) is 45.5. The van der Waals surface area contributed by atoms with Crippen molar-refractivity contribution in [3.05, 3.63) is 0 Å².